The van der Waals surface area contributed by atoms with Crippen molar-refractivity contribution >= 4 is 11.9 Å². The highest BCUT2D eigenvalue weighted by atomic mass is 16.5. The number of rotatable bonds is 0. The highest BCUT2D eigenvalue weighted by Crippen LogP contribution is 2.40. The average molecular weight is 238 g/mol. The van der Waals surface area contributed by atoms with E-state index in [1.165, 1.54) is 6.42 Å². The monoisotopic (exact) mass is 238 g/mol. The topological polar surface area (TPSA) is 67.4 Å². The van der Waals surface area contributed by atoms with E-state index in [9.17, 15) is 9.59 Å². The molecule has 2 heterocycles. The van der Waals surface area contributed by atoms with Crippen LogP contribution in [0.25, 0.3) is 0 Å². The Morgan fingerprint density at radius 3 is 2.88 bits per heavy atom. The lowest BCUT2D eigenvalue weighted by molar-refractivity contribution is -0.164. The van der Waals surface area contributed by atoms with E-state index < -0.39 is 12.3 Å². The smallest absolute Gasteiger partial charge is 0.323 e. The van der Waals surface area contributed by atoms with E-state index in [1.807, 2.05) is 0 Å². The molecule has 1 aliphatic carbocycles. The predicted octanol–water partition coefficient (Wildman–Crippen LogP) is 0.993. The number of hydrogen-bond donors (Lipinski definition) is 2. The SMILES string of the molecule is CC1CCC2CC3C(=O)NC(=O)NC3OC2C1. The van der Waals surface area contributed by atoms with Crippen molar-refractivity contribution in [2.24, 2.45) is 17.8 Å². The zero-order valence-corrected chi connectivity index (χ0v) is 9.94. The van der Waals surface area contributed by atoms with Crippen molar-refractivity contribution in [2.75, 3.05) is 0 Å². The van der Waals surface area contributed by atoms with Crippen molar-refractivity contribution in [1.29, 1.82) is 0 Å². The maximum atomic E-state index is 11.7. The lowest BCUT2D eigenvalue weighted by Gasteiger charge is -2.46. The van der Waals surface area contributed by atoms with Crippen LogP contribution in [-0.4, -0.2) is 24.3 Å². The number of carbonyl (C=O) groups excluding carboxylic acids is 2. The third kappa shape index (κ3) is 1.92. The Morgan fingerprint density at radius 2 is 2.06 bits per heavy atom. The van der Waals surface area contributed by atoms with Crippen molar-refractivity contribution in [1.82, 2.24) is 10.6 Å². The minimum Gasteiger partial charge on any atom is -0.354 e. The normalized spacial score (nSPS) is 45.4. The number of hydrogen-bond acceptors (Lipinski definition) is 3. The van der Waals surface area contributed by atoms with Gasteiger partial charge >= 0.3 is 6.03 Å². The summed E-state index contributed by atoms with van der Waals surface area (Å²) in [6, 6.07) is -0.432. The first-order valence-corrected chi connectivity index (χ1v) is 6.40. The Balaban J connectivity index is 1.75. The van der Waals surface area contributed by atoms with Crippen molar-refractivity contribution in [3.05, 3.63) is 0 Å². The molecule has 3 aliphatic rings. The number of imide groups is 1. The minimum absolute atomic E-state index is 0.184. The molecule has 17 heavy (non-hydrogen) atoms. The van der Waals surface area contributed by atoms with Crippen LogP contribution in [0, 0.1) is 17.8 Å². The maximum Gasteiger partial charge on any atom is 0.323 e. The fourth-order valence-corrected chi connectivity index (χ4v) is 3.31. The second kappa shape index (κ2) is 3.98. The van der Waals surface area contributed by atoms with Crippen LogP contribution >= 0.6 is 0 Å². The summed E-state index contributed by atoms with van der Waals surface area (Å²) in [5, 5.41) is 5.02. The Labute approximate surface area is 100 Å². The standard InChI is InChI=1S/C12H18N2O3/c1-6-2-3-7-5-8-10(15)13-12(16)14-11(8)17-9(7)4-6/h6-9,11H,2-5H2,1H3,(H2,13,14,15,16). The Bertz CT molecular complexity index is 358. The van der Waals surface area contributed by atoms with E-state index in [0.29, 0.717) is 11.8 Å². The molecule has 0 radical (unpaired) electrons. The van der Waals surface area contributed by atoms with Gasteiger partial charge in [0, 0.05) is 0 Å². The van der Waals surface area contributed by atoms with E-state index in [0.717, 1.165) is 19.3 Å². The van der Waals surface area contributed by atoms with Gasteiger partial charge in [0.15, 0.2) is 0 Å². The number of ether oxygens (including phenoxy) is 1. The van der Waals surface area contributed by atoms with E-state index in [4.69, 9.17) is 4.74 Å². The molecule has 3 rings (SSSR count). The van der Waals surface area contributed by atoms with E-state index in [-0.39, 0.29) is 17.9 Å². The number of urea groups is 1. The maximum absolute atomic E-state index is 11.7. The molecule has 1 saturated carbocycles. The summed E-state index contributed by atoms with van der Waals surface area (Å²) in [5.74, 6) is 0.771. The van der Waals surface area contributed by atoms with Gasteiger partial charge in [-0.15, -0.1) is 0 Å². The van der Waals surface area contributed by atoms with Gasteiger partial charge in [0.1, 0.15) is 6.23 Å². The molecule has 3 amide bonds. The van der Waals surface area contributed by atoms with Gasteiger partial charge in [-0.25, -0.2) is 4.79 Å². The fraction of sp³-hybridized carbons (Fsp3) is 0.833. The Hall–Kier alpha value is -1.10. The van der Waals surface area contributed by atoms with Gasteiger partial charge in [-0.2, -0.15) is 0 Å². The third-order valence-corrected chi connectivity index (χ3v) is 4.28. The van der Waals surface area contributed by atoms with Gasteiger partial charge in [0.2, 0.25) is 5.91 Å². The van der Waals surface area contributed by atoms with Gasteiger partial charge in [-0.3, -0.25) is 10.1 Å². The molecule has 2 N–H and O–H groups in total. The third-order valence-electron chi connectivity index (χ3n) is 4.28. The lowest BCUT2D eigenvalue weighted by atomic mass is 9.74. The quantitative estimate of drug-likeness (QED) is 0.661. The first-order valence-electron chi connectivity index (χ1n) is 6.40. The molecular weight excluding hydrogens is 220 g/mol. The van der Waals surface area contributed by atoms with E-state index >= 15 is 0 Å². The number of nitrogens with one attached hydrogen (secondary N) is 2. The summed E-state index contributed by atoms with van der Waals surface area (Å²) >= 11 is 0. The van der Waals surface area contributed by atoms with Crippen molar-refractivity contribution < 1.29 is 14.3 Å². The van der Waals surface area contributed by atoms with Gasteiger partial charge in [0.05, 0.1) is 12.0 Å². The first-order chi connectivity index (χ1) is 8.13. The van der Waals surface area contributed by atoms with Crippen LogP contribution in [0.5, 0.6) is 0 Å². The van der Waals surface area contributed by atoms with Crippen LogP contribution in [0.1, 0.15) is 32.6 Å². The molecule has 94 valence electrons. The second-order valence-corrected chi connectivity index (χ2v) is 5.58. The Kier molecular flexibility index (Phi) is 2.58. The van der Waals surface area contributed by atoms with Gasteiger partial charge < -0.3 is 10.1 Å². The second-order valence-electron chi connectivity index (χ2n) is 5.58. The average Bonchev–Trinajstić information content (AvgIpc) is 2.26. The Morgan fingerprint density at radius 1 is 1.24 bits per heavy atom. The van der Waals surface area contributed by atoms with E-state index in [1.54, 1.807) is 0 Å². The van der Waals surface area contributed by atoms with Gasteiger partial charge in [-0.1, -0.05) is 13.3 Å². The van der Waals surface area contributed by atoms with Crippen LogP contribution in [0.15, 0.2) is 0 Å². The molecule has 2 aliphatic heterocycles. The van der Waals surface area contributed by atoms with Crippen molar-refractivity contribution in [3.63, 3.8) is 0 Å². The largest absolute Gasteiger partial charge is 0.354 e. The zero-order chi connectivity index (χ0) is 12.0. The molecule has 0 spiro atoms. The molecule has 5 atom stereocenters. The van der Waals surface area contributed by atoms with Crippen LogP contribution in [0.3, 0.4) is 0 Å². The molecule has 5 nitrogen and oxygen atoms in total. The molecule has 0 aromatic rings. The number of carbonyl (C=O) groups is 2. The van der Waals surface area contributed by atoms with Crippen LogP contribution in [0.2, 0.25) is 0 Å². The fourth-order valence-electron chi connectivity index (χ4n) is 3.31. The van der Waals surface area contributed by atoms with Crippen LogP contribution in [0.4, 0.5) is 4.79 Å². The van der Waals surface area contributed by atoms with E-state index in [2.05, 4.69) is 17.6 Å². The predicted molar refractivity (Wildman–Crippen MR) is 59.9 cm³/mol. The summed E-state index contributed by atoms with van der Waals surface area (Å²) in [6.07, 6.45) is 4.04. The summed E-state index contributed by atoms with van der Waals surface area (Å²) < 4.78 is 5.91. The molecule has 0 aromatic carbocycles. The highest BCUT2D eigenvalue weighted by Gasteiger charge is 2.46. The zero-order valence-electron chi connectivity index (χ0n) is 9.94. The van der Waals surface area contributed by atoms with Crippen LogP contribution in [-0.2, 0) is 9.53 Å². The summed E-state index contributed by atoms with van der Waals surface area (Å²) in [7, 11) is 0. The first kappa shape index (κ1) is 11.0. The molecule has 0 bridgehead atoms. The number of fused-ring (bicyclic) bond motifs is 2. The van der Waals surface area contributed by atoms with Crippen LogP contribution < -0.4 is 10.6 Å². The van der Waals surface area contributed by atoms with Crippen molar-refractivity contribution in [2.45, 2.75) is 44.9 Å². The van der Waals surface area contributed by atoms with Crippen molar-refractivity contribution in [3.8, 4) is 0 Å². The molecule has 2 saturated heterocycles. The molecule has 0 aromatic heterocycles. The van der Waals surface area contributed by atoms with Gasteiger partial charge in [-0.05, 0) is 31.1 Å². The summed E-state index contributed by atoms with van der Waals surface area (Å²) in [5.41, 5.74) is 0. The summed E-state index contributed by atoms with van der Waals surface area (Å²) in [6.45, 7) is 2.23. The molecular formula is C12H18N2O3. The lowest BCUT2D eigenvalue weighted by Crippen LogP contribution is -2.63. The molecule has 5 heteroatoms. The highest BCUT2D eigenvalue weighted by molar-refractivity contribution is 5.98. The molecule has 3 fully saturated rings. The molecule has 5 unspecified atom stereocenters. The minimum atomic E-state index is -0.432. The van der Waals surface area contributed by atoms with Gasteiger partial charge in [0.25, 0.3) is 0 Å². The number of amides is 3. The summed E-state index contributed by atoms with van der Waals surface area (Å²) in [4.78, 5) is 23.0.